The molecule has 1 fully saturated rings. The van der Waals surface area contributed by atoms with Crippen molar-refractivity contribution < 1.29 is 19.4 Å². The summed E-state index contributed by atoms with van der Waals surface area (Å²) in [6.07, 6.45) is 1.89. The summed E-state index contributed by atoms with van der Waals surface area (Å²) >= 11 is 0. The number of nitrogens with one attached hydrogen (secondary N) is 2. The first kappa shape index (κ1) is 16.8. The standard InChI is InChI=1S/C14H26N2O4/c1-9(2)7-11(12(17)18)16-13(19)15-10-5-6-20-14(3,4)8-10/h9-11H,5-8H2,1-4H3,(H,17,18)(H2,15,16,19)/t10?,11-/m1/s1. The lowest BCUT2D eigenvalue weighted by atomic mass is 9.94. The van der Waals surface area contributed by atoms with Crippen molar-refractivity contribution >= 4 is 12.0 Å². The maximum atomic E-state index is 11.9. The van der Waals surface area contributed by atoms with Gasteiger partial charge >= 0.3 is 12.0 Å². The lowest BCUT2D eigenvalue weighted by Crippen LogP contribution is -2.52. The number of hydrogen-bond acceptors (Lipinski definition) is 3. The van der Waals surface area contributed by atoms with E-state index in [4.69, 9.17) is 9.84 Å². The zero-order valence-corrected chi connectivity index (χ0v) is 12.7. The Bertz CT molecular complexity index is 355. The van der Waals surface area contributed by atoms with E-state index in [2.05, 4.69) is 10.6 Å². The molecule has 0 saturated carbocycles. The van der Waals surface area contributed by atoms with E-state index in [0.29, 0.717) is 13.0 Å². The van der Waals surface area contributed by atoms with E-state index in [9.17, 15) is 9.59 Å². The molecule has 0 spiro atoms. The number of carboxylic acids is 1. The minimum Gasteiger partial charge on any atom is -0.480 e. The maximum Gasteiger partial charge on any atom is 0.326 e. The molecule has 1 saturated heterocycles. The van der Waals surface area contributed by atoms with Gasteiger partial charge < -0.3 is 20.5 Å². The Morgan fingerprint density at radius 2 is 2.05 bits per heavy atom. The minimum absolute atomic E-state index is 0.0206. The molecule has 1 unspecified atom stereocenters. The molecule has 6 nitrogen and oxygen atoms in total. The Morgan fingerprint density at radius 1 is 1.40 bits per heavy atom. The fraction of sp³-hybridized carbons (Fsp3) is 0.857. The first-order valence-electron chi connectivity index (χ1n) is 7.13. The first-order chi connectivity index (χ1) is 9.19. The van der Waals surface area contributed by atoms with Crippen LogP contribution in [0, 0.1) is 5.92 Å². The zero-order chi connectivity index (χ0) is 15.3. The van der Waals surface area contributed by atoms with Gasteiger partial charge in [-0.25, -0.2) is 9.59 Å². The summed E-state index contributed by atoms with van der Waals surface area (Å²) in [7, 11) is 0. The molecule has 0 aromatic rings. The average molecular weight is 286 g/mol. The Balaban J connectivity index is 2.47. The number of urea groups is 1. The molecule has 1 heterocycles. The first-order valence-corrected chi connectivity index (χ1v) is 7.13. The number of aliphatic carboxylic acids is 1. The molecule has 3 N–H and O–H groups in total. The van der Waals surface area contributed by atoms with E-state index >= 15 is 0 Å². The number of hydrogen-bond donors (Lipinski definition) is 3. The summed E-state index contributed by atoms with van der Waals surface area (Å²) in [5.41, 5.74) is -0.250. The monoisotopic (exact) mass is 286 g/mol. The lowest BCUT2D eigenvalue weighted by Gasteiger charge is -2.35. The van der Waals surface area contributed by atoms with Crippen LogP contribution in [0.1, 0.15) is 47.0 Å². The lowest BCUT2D eigenvalue weighted by molar-refractivity contribution is -0.139. The molecule has 1 aliphatic rings. The van der Waals surface area contributed by atoms with Crippen LogP contribution < -0.4 is 10.6 Å². The molecular weight excluding hydrogens is 260 g/mol. The van der Waals surface area contributed by atoms with Crippen LogP contribution in [0.5, 0.6) is 0 Å². The van der Waals surface area contributed by atoms with E-state index in [1.807, 2.05) is 27.7 Å². The van der Waals surface area contributed by atoms with Gasteiger partial charge in [-0.1, -0.05) is 13.8 Å². The summed E-state index contributed by atoms with van der Waals surface area (Å²) in [6.45, 7) is 8.43. The van der Waals surface area contributed by atoms with Crippen molar-refractivity contribution in [3.8, 4) is 0 Å². The smallest absolute Gasteiger partial charge is 0.326 e. The van der Waals surface area contributed by atoms with Gasteiger partial charge in [-0.2, -0.15) is 0 Å². The van der Waals surface area contributed by atoms with E-state index in [1.165, 1.54) is 0 Å². The summed E-state index contributed by atoms with van der Waals surface area (Å²) < 4.78 is 5.58. The fourth-order valence-corrected chi connectivity index (χ4v) is 2.43. The number of amides is 2. The molecule has 0 radical (unpaired) electrons. The molecular formula is C14H26N2O4. The fourth-order valence-electron chi connectivity index (χ4n) is 2.43. The highest BCUT2D eigenvalue weighted by Gasteiger charge is 2.30. The van der Waals surface area contributed by atoms with Gasteiger partial charge in [0.25, 0.3) is 0 Å². The second-order valence-electron chi connectivity index (χ2n) is 6.44. The van der Waals surface area contributed by atoms with Gasteiger partial charge in [0.15, 0.2) is 0 Å². The van der Waals surface area contributed by atoms with Crippen molar-refractivity contribution in [2.45, 2.75) is 64.6 Å². The molecule has 0 aromatic heterocycles. The SMILES string of the molecule is CC(C)C[C@@H](NC(=O)NC1CCOC(C)(C)C1)C(=O)O. The number of ether oxygens (including phenoxy) is 1. The van der Waals surface area contributed by atoms with Gasteiger partial charge in [-0.15, -0.1) is 0 Å². The van der Waals surface area contributed by atoms with Gasteiger partial charge in [0.05, 0.1) is 5.60 Å². The predicted molar refractivity (Wildman–Crippen MR) is 75.6 cm³/mol. The Morgan fingerprint density at radius 3 is 2.55 bits per heavy atom. The van der Waals surface area contributed by atoms with Crippen molar-refractivity contribution in [1.82, 2.24) is 10.6 Å². The van der Waals surface area contributed by atoms with Crippen LogP contribution in [0.25, 0.3) is 0 Å². The van der Waals surface area contributed by atoms with Crippen LogP contribution in [-0.2, 0) is 9.53 Å². The van der Waals surface area contributed by atoms with Crippen LogP contribution in [0.4, 0.5) is 4.79 Å². The highest BCUT2D eigenvalue weighted by molar-refractivity contribution is 5.82. The third-order valence-electron chi connectivity index (χ3n) is 3.34. The van der Waals surface area contributed by atoms with Crippen molar-refractivity contribution in [2.24, 2.45) is 5.92 Å². The summed E-state index contributed by atoms with van der Waals surface area (Å²) in [5.74, 6) is -0.792. The third kappa shape index (κ3) is 5.77. The number of carbonyl (C=O) groups excluding carboxylic acids is 1. The zero-order valence-electron chi connectivity index (χ0n) is 12.7. The predicted octanol–water partition coefficient (Wildman–Crippen LogP) is 1.74. The largest absolute Gasteiger partial charge is 0.480 e. The van der Waals surface area contributed by atoms with Crippen LogP contribution in [0.2, 0.25) is 0 Å². The topological polar surface area (TPSA) is 87.7 Å². The number of carbonyl (C=O) groups is 2. The van der Waals surface area contributed by atoms with E-state index in [0.717, 1.165) is 12.8 Å². The van der Waals surface area contributed by atoms with Crippen LogP contribution >= 0.6 is 0 Å². The molecule has 0 aromatic carbocycles. The summed E-state index contributed by atoms with van der Waals surface area (Å²) in [4.78, 5) is 23.0. The molecule has 0 aliphatic carbocycles. The number of carboxylic acid groups (broad SMARTS) is 1. The van der Waals surface area contributed by atoms with Crippen molar-refractivity contribution in [3.63, 3.8) is 0 Å². The Kier molecular flexibility index (Phi) is 5.80. The molecule has 2 amide bonds. The minimum atomic E-state index is -0.999. The molecule has 1 rings (SSSR count). The summed E-state index contributed by atoms with van der Waals surface area (Å²) in [5, 5.41) is 14.5. The normalized spacial score (nSPS) is 23.1. The second kappa shape index (κ2) is 6.92. The molecule has 2 atom stereocenters. The Labute approximate surface area is 120 Å². The highest BCUT2D eigenvalue weighted by atomic mass is 16.5. The highest BCUT2D eigenvalue weighted by Crippen LogP contribution is 2.23. The maximum absolute atomic E-state index is 11.9. The third-order valence-corrected chi connectivity index (χ3v) is 3.34. The molecule has 0 bridgehead atoms. The average Bonchev–Trinajstić information content (AvgIpc) is 2.25. The van der Waals surface area contributed by atoms with Crippen molar-refractivity contribution in [2.75, 3.05) is 6.61 Å². The summed E-state index contributed by atoms with van der Waals surface area (Å²) in [6, 6.07) is -1.24. The second-order valence-corrected chi connectivity index (χ2v) is 6.44. The van der Waals surface area contributed by atoms with E-state index in [-0.39, 0.29) is 17.6 Å². The molecule has 116 valence electrons. The van der Waals surface area contributed by atoms with Crippen LogP contribution in [0.3, 0.4) is 0 Å². The van der Waals surface area contributed by atoms with Crippen LogP contribution in [0.15, 0.2) is 0 Å². The van der Waals surface area contributed by atoms with Gasteiger partial charge in [-0.3, -0.25) is 0 Å². The molecule has 20 heavy (non-hydrogen) atoms. The van der Waals surface area contributed by atoms with Gasteiger partial charge in [-0.05, 0) is 39.0 Å². The van der Waals surface area contributed by atoms with Crippen molar-refractivity contribution in [1.29, 1.82) is 0 Å². The molecule has 1 aliphatic heterocycles. The van der Waals surface area contributed by atoms with Gasteiger partial charge in [0, 0.05) is 12.6 Å². The van der Waals surface area contributed by atoms with Crippen LogP contribution in [-0.4, -0.2) is 41.4 Å². The number of rotatable bonds is 5. The molecule has 6 heteroatoms. The van der Waals surface area contributed by atoms with Crippen molar-refractivity contribution in [3.05, 3.63) is 0 Å². The Hall–Kier alpha value is -1.30. The van der Waals surface area contributed by atoms with E-state index in [1.54, 1.807) is 0 Å². The van der Waals surface area contributed by atoms with E-state index < -0.39 is 18.0 Å². The quantitative estimate of drug-likeness (QED) is 0.718. The van der Waals surface area contributed by atoms with Gasteiger partial charge in [0.1, 0.15) is 6.04 Å². The van der Waals surface area contributed by atoms with Gasteiger partial charge in [0.2, 0.25) is 0 Å².